The Morgan fingerprint density at radius 3 is 2.80 bits per heavy atom. The van der Waals surface area contributed by atoms with E-state index in [1.54, 1.807) is 5.38 Å². The molecule has 3 N–H and O–H groups in total. The molecule has 1 aliphatic rings. The highest BCUT2D eigenvalue weighted by molar-refractivity contribution is 7.91. The number of carbonyl (C=O) groups is 2. The van der Waals surface area contributed by atoms with Gasteiger partial charge in [0.2, 0.25) is 0 Å². The normalized spacial score (nSPS) is 20.5. The first-order valence-electron chi connectivity index (χ1n) is 5.93. The number of hydrogen-bond donors (Lipinski definition) is 3. The van der Waals surface area contributed by atoms with Crippen LogP contribution in [-0.2, 0) is 9.84 Å². The minimum atomic E-state index is -2.96. The molecule has 20 heavy (non-hydrogen) atoms. The molecule has 1 atom stereocenters. The first-order chi connectivity index (χ1) is 9.37. The first-order valence-corrected chi connectivity index (χ1v) is 8.63. The molecular formula is C11H14N2O5S2. The maximum Gasteiger partial charge on any atom is 0.338 e. The molecule has 2 amide bonds. The molecule has 1 fully saturated rings. The summed E-state index contributed by atoms with van der Waals surface area (Å²) in [7, 11) is -2.96. The molecule has 0 aromatic carbocycles. The predicted octanol–water partition coefficient (Wildman–Crippen LogP) is 1.00. The van der Waals surface area contributed by atoms with Crippen LogP contribution in [0.15, 0.2) is 11.4 Å². The zero-order valence-electron chi connectivity index (χ0n) is 10.5. The minimum absolute atomic E-state index is 0.0357. The second-order valence-corrected chi connectivity index (χ2v) is 7.72. The summed E-state index contributed by atoms with van der Waals surface area (Å²) in [5, 5.41) is 15.7. The highest BCUT2D eigenvalue weighted by atomic mass is 32.2. The van der Waals surface area contributed by atoms with Crippen LogP contribution in [0.2, 0.25) is 0 Å². The molecule has 0 spiro atoms. The van der Waals surface area contributed by atoms with Crippen LogP contribution in [0, 0.1) is 5.92 Å². The number of rotatable bonds is 4. The van der Waals surface area contributed by atoms with E-state index >= 15 is 0 Å². The number of aromatic carboxylic acids is 1. The van der Waals surface area contributed by atoms with E-state index < -0.39 is 21.8 Å². The molecule has 0 aliphatic carbocycles. The van der Waals surface area contributed by atoms with Gasteiger partial charge in [-0.05, 0) is 23.8 Å². The van der Waals surface area contributed by atoms with Gasteiger partial charge in [0.25, 0.3) is 0 Å². The van der Waals surface area contributed by atoms with Crippen LogP contribution in [0.1, 0.15) is 16.8 Å². The van der Waals surface area contributed by atoms with E-state index in [-0.39, 0.29) is 34.5 Å². The Balaban J connectivity index is 1.84. The zero-order valence-corrected chi connectivity index (χ0v) is 12.1. The molecule has 0 saturated carbocycles. The molecule has 2 rings (SSSR count). The molecule has 110 valence electrons. The molecule has 1 aromatic rings. The van der Waals surface area contributed by atoms with Gasteiger partial charge >= 0.3 is 12.0 Å². The summed E-state index contributed by atoms with van der Waals surface area (Å²) in [6.45, 7) is 0.263. The van der Waals surface area contributed by atoms with Gasteiger partial charge in [0.05, 0.1) is 17.1 Å². The molecule has 1 aromatic heterocycles. The Morgan fingerprint density at radius 1 is 1.45 bits per heavy atom. The van der Waals surface area contributed by atoms with Crippen LogP contribution in [-0.4, -0.2) is 43.6 Å². The van der Waals surface area contributed by atoms with Crippen LogP contribution in [0.4, 0.5) is 9.80 Å². The second-order valence-electron chi connectivity index (χ2n) is 4.57. The lowest BCUT2D eigenvalue weighted by molar-refractivity contribution is 0.0698. The Labute approximate surface area is 119 Å². The fourth-order valence-corrected chi connectivity index (χ4v) is 4.63. The van der Waals surface area contributed by atoms with Crippen molar-refractivity contribution in [2.75, 3.05) is 23.4 Å². The average molecular weight is 318 g/mol. The number of nitrogens with one attached hydrogen (secondary N) is 2. The zero-order chi connectivity index (χ0) is 14.8. The molecular weight excluding hydrogens is 304 g/mol. The molecule has 2 heterocycles. The SMILES string of the molecule is O=C(NCC1CCS(=O)(=O)C1)Nc1sccc1C(=O)O. The molecule has 7 nitrogen and oxygen atoms in total. The maximum absolute atomic E-state index is 11.6. The molecule has 9 heteroatoms. The molecule has 1 aliphatic heterocycles. The van der Waals surface area contributed by atoms with Crippen molar-refractivity contribution in [3.05, 3.63) is 17.0 Å². The van der Waals surface area contributed by atoms with Gasteiger partial charge in [-0.15, -0.1) is 11.3 Å². The average Bonchev–Trinajstić information content (AvgIpc) is 2.93. The third kappa shape index (κ3) is 3.70. The topological polar surface area (TPSA) is 113 Å². The first kappa shape index (κ1) is 14.8. The number of thiophene rings is 1. The number of carbonyl (C=O) groups excluding carboxylic acids is 1. The summed E-state index contributed by atoms with van der Waals surface area (Å²) < 4.78 is 22.5. The highest BCUT2D eigenvalue weighted by Gasteiger charge is 2.28. The molecule has 1 saturated heterocycles. The summed E-state index contributed by atoms with van der Waals surface area (Å²) in [5.41, 5.74) is 0.0357. The Hall–Kier alpha value is -1.61. The lowest BCUT2D eigenvalue weighted by Crippen LogP contribution is -2.33. The number of hydrogen-bond acceptors (Lipinski definition) is 5. The van der Waals surface area contributed by atoms with Gasteiger partial charge in [0.15, 0.2) is 9.84 Å². The smallest absolute Gasteiger partial charge is 0.338 e. The van der Waals surface area contributed by atoms with E-state index in [0.29, 0.717) is 6.42 Å². The third-order valence-electron chi connectivity index (χ3n) is 3.00. The Kier molecular flexibility index (Phi) is 4.29. The lowest BCUT2D eigenvalue weighted by Gasteiger charge is -2.10. The summed E-state index contributed by atoms with van der Waals surface area (Å²) in [5.74, 6) is -0.932. The Bertz CT molecular complexity index is 623. The lowest BCUT2D eigenvalue weighted by atomic mass is 10.1. The van der Waals surface area contributed by atoms with E-state index in [1.165, 1.54) is 6.07 Å². The van der Waals surface area contributed by atoms with Gasteiger partial charge in [0.1, 0.15) is 5.00 Å². The van der Waals surface area contributed by atoms with E-state index in [9.17, 15) is 18.0 Å². The van der Waals surface area contributed by atoms with Gasteiger partial charge in [-0.25, -0.2) is 18.0 Å². The summed E-state index contributed by atoms with van der Waals surface area (Å²) in [6.07, 6.45) is 0.544. The van der Waals surface area contributed by atoms with Crippen LogP contribution in [0.3, 0.4) is 0 Å². The fourth-order valence-electron chi connectivity index (χ4n) is 1.99. The number of carboxylic acid groups (broad SMARTS) is 1. The van der Waals surface area contributed by atoms with Crippen LogP contribution < -0.4 is 10.6 Å². The van der Waals surface area contributed by atoms with Crippen molar-refractivity contribution in [2.45, 2.75) is 6.42 Å². The number of anilines is 1. The van der Waals surface area contributed by atoms with Gasteiger partial charge in [-0.2, -0.15) is 0 Å². The Morgan fingerprint density at radius 2 is 2.20 bits per heavy atom. The van der Waals surface area contributed by atoms with Gasteiger partial charge in [0, 0.05) is 6.54 Å². The van der Waals surface area contributed by atoms with Crippen LogP contribution in [0.25, 0.3) is 0 Å². The summed E-state index contributed by atoms with van der Waals surface area (Å²) in [6, 6.07) is 0.880. The standard InChI is InChI=1S/C11H14N2O5S2/c14-10(15)8-1-3-19-9(8)13-11(16)12-5-7-2-4-20(17,18)6-7/h1,3,7H,2,4-6H2,(H,14,15)(H2,12,13,16). The van der Waals surface area contributed by atoms with Crippen molar-refractivity contribution < 1.29 is 23.1 Å². The minimum Gasteiger partial charge on any atom is -0.478 e. The second kappa shape index (κ2) is 5.80. The molecule has 1 unspecified atom stereocenters. The van der Waals surface area contributed by atoms with Crippen molar-refractivity contribution in [2.24, 2.45) is 5.92 Å². The largest absolute Gasteiger partial charge is 0.478 e. The van der Waals surface area contributed by atoms with Crippen LogP contribution in [0.5, 0.6) is 0 Å². The van der Waals surface area contributed by atoms with Gasteiger partial charge in [-0.3, -0.25) is 5.32 Å². The van der Waals surface area contributed by atoms with Crippen LogP contribution >= 0.6 is 11.3 Å². The third-order valence-corrected chi connectivity index (χ3v) is 5.67. The van der Waals surface area contributed by atoms with Crippen molar-refractivity contribution in [3.63, 3.8) is 0 Å². The fraction of sp³-hybridized carbons (Fsp3) is 0.455. The predicted molar refractivity (Wildman–Crippen MR) is 75.1 cm³/mol. The van der Waals surface area contributed by atoms with Crippen molar-refractivity contribution in [3.8, 4) is 0 Å². The van der Waals surface area contributed by atoms with E-state index in [2.05, 4.69) is 10.6 Å². The van der Waals surface area contributed by atoms with Gasteiger partial charge in [-0.1, -0.05) is 0 Å². The van der Waals surface area contributed by atoms with E-state index in [4.69, 9.17) is 5.11 Å². The summed E-state index contributed by atoms with van der Waals surface area (Å²) >= 11 is 1.12. The summed E-state index contributed by atoms with van der Waals surface area (Å²) in [4.78, 5) is 22.5. The van der Waals surface area contributed by atoms with E-state index in [1.807, 2.05) is 0 Å². The van der Waals surface area contributed by atoms with Gasteiger partial charge < -0.3 is 10.4 Å². The number of sulfone groups is 1. The van der Waals surface area contributed by atoms with E-state index in [0.717, 1.165) is 11.3 Å². The van der Waals surface area contributed by atoms with Crippen molar-refractivity contribution in [1.82, 2.24) is 5.32 Å². The quantitative estimate of drug-likeness (QED) is 0.766. The number of carboxylic acids is 1. The van der Waals surface area contributed by atoms with Crippen molar-refractivity contribution in [1.29, 1.82) is 0 Å². The monoisotopic (exact) mass is 318 g/mol. The molecule has 0 radical (unpaired) electrons. The highest BCUT2D eigenvalue weighted by Crippen LogP contribution is 2.23. The maximum atomic E-state index is 11.6. The number of amides is 2. The molecule has 0 bridgehead atoms. The number of urea groups is 1. The van der Waals surface area contributed by atoms with Crippen molar-refractivity contribution >= 4 is 38.2 Å².